The standard InChI is InChI=1S/C27H45N2O11P/c1-3-4-5-6-7-8-9-10-19-36-21-25(22-38-41(34,35)37-20-18-28-2)40-27(31)13-11-12-26(30)39-24-16-14-23(15-17-24)29(32)33/h14-17,25,28H,3-13,18-22H2,1-2H3,(H,34,35)/p-1. The fraction of sp³-hybridized carbons (Fsp3) is 0.704. The summed E-state index contributed by atoms with van der Waals surface area (Å²) in [4.78, 5) is 46.5. The van der Waals surface area contributed by atoms with E-state index in [-0.39, 0.29) is 43.9 Å². The lowest BCUT2D eigenvalue weighted by molar-refractivity contribution is -0.384. The second-order valence-electron chi connectivity index (χ2n) is 9.42. The summed E-state index contributed by atoms with van der Waals surface area (Å²) in [5.74, 6) is -1.13. The Labute approximate surface area is 242 Å². The quantitative estimate of drug-likeness (QED) is 0.0415. The van der Waals surface area contributed by atoms with Crippen molar-refractivity contribution >= 4 is 25.4 Å². The van der Waals surface area contributed by atoms with Crippen LogP contribution in [-0.4, -0.2) is 63.0 Å². The van der Waals surface area contributed by atoms with Crippen molar-refractivity contribution in [1.29, 1.82) is 0 Å². The van der Waals surface area contributed by atoms with E-state index >= 15 is 0 Å². The molecule has 0 radical (unpaired) electrons. The lowest BCUT2D eigenvalue weighted by atomic mass is 10.1. The Bertz CT molecular complexity index is 930. The van der Waals surface area contributed by atoms with Crippen LogP contribution in [0.25, 0.3) is 0 Å². The first-order valence-corrected chi connectivity index (χ1v) is 15.6. The molecular weight excluding hydrogens is 559 g/mol. The average molecular weight is 604 g/mol. The lowest BCUT2D eigenvalue weighted by Gasteiger charge is -2.25. The van der Waals surface area contributed by atoms with Crippen molar-refractivity contribution in [2.45, 2.75) is 83.7 Å². The van der Waals surface area contributed by atoms with E-state index in [2.05, 4.69) is 12.2 Å². The van der Waals surface area contributed by atoms with Crippen LogP contribution in [0.15, 0.2) is 24.3 Å². The van der Waals surface area contributed by atoms with Gasteiger partial charge < -0.3 is 33.5 Å². The van der Waals surface area contributed by atoms with Gasteiger partial charge in [0.05, 0.1) is 24.7 Å². The minimum absolute atomic E-state index is 0.0546. The number of nitro groups is 1. The molecule has 14 heteroatoms. The van der Waals surface area contributed by atoms with E-state index in [1.807, 2.05) is 0 Å². The van der Waals surface area contributed by atoms with E-state index in [1.54, 1.807) is 7.05 Å². The number of likely N-dealkylation sites (N-methyl/N-ethyl adjacent to an activating group) is 1. The second-order valence-corrected chi connectivity index (χ2v) is 10.8. The maximum atomic E-state index is 12.4. The second kappa shape index (κ2) is 22.2. The third kappa shape index (κ3) is 19.4. The van der Waals surface area contributed by atoms with E-state index in [1.165, 1.54) is 56.4 Å². The number of phosphoric ester groups is 1. The Balaban J connectivity index is 2.44. The smallest absolute Gasteiger partial charge is 0.311 e. The van der Waals surface area contributed by atoms with E-state index in [4.69, 9.17) is 23.3 Å². The number of hydrogen-bond donors (Lipinski definition) is 1. The Kier molecular flexibility index (Phi) is 19.8. The van der Waals surface area contributed by atoms with Gasteiger partial charge in [-0.15, -0.1) is 0 Å². The molecule has 2 unspecified atom stereocenters. The molecule has 0 amide bonds. The first kappa shape index (κ1) is 36.6. The van der Waals surface area contributed by atoms with Gasteiger partial charge in [-0.2, -0.15) is 0 Å². The van der Waals surface area contributed by atoms with Crippen molar-refractivity contribution < 1.29 is 47.2 Å². The molecule has 0 aliphatic heterocycles. The fourth-order valence-corrected chi connectivity index (χ4v) is 4.32. The molecule has 0 bridgehead atoms. The van der Waals surface area contributed by atoms with E-state index in [9.17, 15) is 29.2 Å². The zero-order valence-electron chi connectivity index (χ0n) is 24.1. The van der Waals surface area contributed by atoms with Crippen LogP contribution in [-0.2, 0) is 32.7 Å². The van der Waals surface area contributed by atoms with Gasteiger partial charge in [0.1, 0.15) is 11.9 Å². The Morgan fingerprint density at radius 1 is 0.902 bits per heavy atom. The molecule has 1 rings (SSSR count). The number of carbonyl (C=O) groups is 2. The van der Waals surface area contributed by atoms with Crippen molar-refractivity contribution in [3.8, 4) is 5.75 Å². The zero-order chi connectivity index (χ0) is 30.3. The van der Waals surface area contributed by atoms with E-state index in [0.717, 1.165) is 19.3 Å². The highest BCUT2D eigenvalue weighted by Gasteiger charge is 2.20. The predicted octanol–water partition coefficient (Wildman–Crippen LogP) is 4.46. The van der Waals surface area contributed by atoms with Gasteiger partial charge in [0, 0.05) is 38.1 Å². The first-order valence-electron chi connectivity index (χ1n) is 14.1. The number of benzene rings is 1. The summed E-state index contributed by atoms with van der Waals surface area (Å²) < 4.78 is 37.7. The number of hydrogen-bond acceptors (Lipinski definition) is 12. The maximum Gasteiger partial charge on any atom is 0.311 e. The highest BCUT2D eigenvalue weighted by molar-refractivity contribution is 7.45. The highest BCUT2D eigenvalue weighted by Crippen LogP contribution is 2.38. The molecule has 1 aromatic carbocycles. The number of unbranched alkanes of at least 4 members (excludes halogenated alkanes) is 7. The predicted molar refractivity (Wildman–Crippen MR) is 149 cm³/mol. The van der Waals surface area contributed by atoms with Crippen molar-refractivity contribution in [3.05, 3.63) is 34.4 Å². The molecule has 0 saturated heterocycles. The topological polar surface area (TPSA) is 176 Å². The minimum atomic E-state index is -4.60. The van der Waals surface area contributed by atoms with Gasteiger partial charge in [-0.1, -0.05) is 51.9 Å². The SMILES string of the molecule is CCCCCCCCCCOCC(COP(=O)([O-])OCCNC)OC(=O)CCCC(=O)Oc1ccc([N+](=O)[O-])cc1. The van der Waals surface area contributed by atoms with Crippen LogP contribution in [0.5, 0.6) is 5.75 Å². The van der Waals surface area contributed by atoms with Crippen molar-refractivity contribution in [2.75, 3.05) is 40.0 Å². The summed E-state index contributed by atoms with van der Waals surface area (Å²) in [5, 5.41) is 13.5. The number of phosphoric acid groups is 1. The van der Waals surface area contributed by atoms with Crippen LogP contribution in [0, 0.1) is 10.1 Å². The summed E-state index contributed by atoms with van der Waals surface area (Å²) in [6.45, 7) is 2.30. The summed E-state index contributed by atoms with van der Waals surface area (Å²) in [7, 11) is -2.95. The van der Waals surface area contributed by atoms with Crippen LogP contribution < -0.4 is 14.9 Å². The van der Waals surface area contributed by atoms with Gasteiger partial charge in [-0.25, -0.2) is 0 Å². The molecule has 0 saturated carbocycles. The molecule has 0 spiro atoms. The third-order valence-corrected chi connectivity index (χ3v) is 6.77. The molecule has 234 valence electrons. The van der Waals surface area contributed by atoms with Crippen molar-refractivity contribution in [2.24, 2.45) is 0 Å². The number of carbonyl (C=O) groups excluding carboxylic acids is 2. The van der Waals surface area contributed by atoms with Gasteiger partial charge in [0.2, 0.25) is 0 Å². The molecule has 2 atom stereocenters. The van der Waals surface area contributed by atoms with Gasteiger partial charge in [-0.05, 0) is 32.0 Å². The van der Waals surface area contributed by atoms with Gasteiger partial charge in [0.15, 0.2) is 0 Å². The van der Waals surface area contributed by atoms with Crippen molar-refractivity contribution in [3.63, 3.8) is 0 Å². The van der Waals surface area contributed by atoms with Crippen LogP contribution in [0.4, 0.5) is 5.69 Å². The Morgan fingerprint density at radius 3 is 2.17 bits per heavy atom. The van der Waals surface area contributed by atoms with E-state index < -0.39 is 37.4 Å². The number of nitro benzene ring substituents is 1. The number of nitrogens with one attached hydrogen (secondary N) is 1. The van der Waals surface area contributed by atoms with Crippen LogP contribution >= 0.6 is 7.82 Å². The molecule has 0 heterocycles. The zero-order valence-corrected chi connectivity index (χ0v) is 25.0. The molecule has 0 fully saturated rings. The van der Waals surface area contributed by atoms with Crippen LogP contribution in [0.3, 0.4) is 0 Å². The van der Waals surface area contributed by atoms with E-state index in [0.29, 0.717) is 13.2 Å². The number of nitrogens with zero attached hydrogens (tertiary/aromatic N) is 1. The monoisotopic (exact) mass is 603 g/mol. The van der Waals surface area contributed by atoms with Crippen LogP contribution in [0.1, 0.15) is 77.6 Å². The minimum Gasteiger partial charge on any atom is -0.756 e. The molecule has 13 nitrogen and oxygen atoms in total. The molecule has 0 aromatic heterocycles. The average Bonchev–Trinajstić information content (AvgIpc) is 2.93. The highest BCUT2D eigenvalue weighted by atomic mass is 31.2. The van der Waals surface area contributed by atoms with Gasteiger partial charge >= 0.3 is 11.9 Å². The molecule has 0 aliphatic rings. The first-order chi connectivity index (χ1) is 19.7. The fourth-order valence-electron chi connectivity index (χ4n) is 3.58. The van der Waals surface area contributed by atoms with Crippen LogP contribution in [0.2, 0.25) is 0 Å². The summed E-state index contributed by atoms with van der Waals surface area (Å²) >= 11 is 0. The number of ether oxygens (including phenoxy) is 3. The largest absolute Gasteiger partial charge is 0.756 e. The summed E-state index contributed by atoms with van der Waals surface area (Å²) in [6, 6.07) is 5.04. The van der Waals surface area contributed by atoms with Gasteiger partial charge in [0.25, 0.3) is 13.5 Å². The molecule has 41 heavy (non-hydrogen) atoms. The number of rotatable bonds is 25. The van der Waals surface area contributed by atoms with Crippen molar-refractivity contribution in [1.82, 2.24) is 5.32 Å². The lowest BCUT2D eigenvalue weighted by Crippen LogP contribution is -2.29. The molecular formula is C27H44N2O11P-. The molecule has 0 aliphatic carbocycles. The summed E-state index contributed by atoms with van der Waals surface area (Å²) in [6.07, 6.45) is 7.99. The number of non-ortho nitro benzene ring substituents is 1. The Morgan fingerprint density at radius 2 is 1.54 bits per heavy atom. The summed E-state index contributed by atoms with van der Waals surface area (Å²) in [5.41, 5.74) is -0.134. The molecule has 1 N–H and O–H groups in total. The van der Waals surface area contributed by atoms with Gasteiger partial charge in [-0.3, -0.25) is 24.3 Å². The molecule has 1 aromatic rings. The number of esters is 2. The Hall–Kier alpha value is -2.41. The third-order valence-electron chi connectivity index (χ3n) is 5.81. The normalized spacial score (nSPS) is 13.3. The maximum absolute atomic E-state index is 12.4.